The van der Waals surface area contributed by atoms with E-state index >= 15 is 0 Å². The van der Waals surface area contributed by atoms with Gasteiger partial charge in [-0.15, -0.1) is 0 Å². The van der Waals surface area contributed by atoms with E-state index < -0.39 is 0 Å². The summed E-state index contributed by atoms with van der Waals surface area (Å²) >= 11 is 0. The van der Waals surface area contributed by atoms with Crippen molar-refractivity contribution in [2.45, 2.75) is 13.0 Å². The Labute approximate surface area is 176 Å². The lowest BCUT2D eigenvalue weighted by Crippen LogP contribution is -2.49. The maximum Gasteiger partial charge on any atom is 0.261 e. The van der Waals surface area contributed by atoms with Crippen LogP contribution in [0.15, 0.2) is 59.8 Å². The number of hydrogen-bond acceptors (Lipinski definition) is 5. The average molecular weight is 413 g/mol. The molecule has 3 N–H and O–H groups in total. The number of oxime groups is 1. The number of benzene rings is 2. The predicted molar refractivity (Wildman–Crippen MR) is 116 cm³/mol. The maximum absolute atomic E-state index is 13.0. The Morgan fingerprint density at radius 2 is 1.80 bits per heavy atom. The highest BCUT2D eigenvalue weighted by Crippen LogP contribution is 2.15. The van der Waals surface area contributed by atoms with Gasteiger partial charge in [0.1, 0.15) is 5.82 Å². The Morgan fingerprint density at radius 1 is 1.13 bits per heavy atom. The molecule has 2 aromatic carbocycles. The van der Waals surface area contributed by atoms with Crippen molar-refractivity contribution in [3.05, 3.63) is 66.0 Å². The van der Waals surface area contributed by atoms with Gasteiger partial charge in [0.05, 0.1) is 12.6 Å². The fourth-order valence-electron chi connectivity index (χ4n) is 3.35. The average Bonchev–Trinajstić information content (AvgIpc) is 2.75. The molecule has 30 heavy (non-hydrogen) atoms. The van der Waals surface area contributed by atoms with Crippen LogP contribution in [0.2, 0.25) is 0 Å². The SMILES string of the molecule is C[C@H](NC(=O)CON=C(N)CN1CCN(c2ccccc2)CC1)c1ccc(F)cc1. The molecular formula is C22H28FN5O2. The van der Waals surface area contributed by atoms with Gasteiger partial charge in [0.25, 0.3) is 5.91 Å². The molecule has 0 saturated carbocycles. The molecule has 1 saturated heterocycles. The van der Waals surface area contributed by atoms with Crippen molar-refractivity contribution >= 4 is 17.4 Å². The monoisotopic (exact) mass is 413 g/mol. The van der Waals surface area contributed by atoms with E-state index in [9.17, 15) is 9.18 Å². The second-order valence-corrected chi connectivity index (χ2v) is 7.30. The topological polar surface area (TPSA) is 83.2 Å². The molecule has 2 aromatic rings. The number of piperazine rings is 1. The first-order valence-electron chi connectivity index (χ1n) is 10.0. The molecule has 1 atom stereocenters. The van der Waals surface area contributed by atoms with Crippen molar-refractivity contribution < 1.29 is 14.0 Å². The quantitative estimate of drug-likeness (QED) is 0.394. The smallest absolute Gasteiger partial charge is 0.261 e. The van der Waals surface area contributed by atoms with Gasteiger partial charge >= 0.3 is 0 Å². The predicted octanol–water partition coefficient (Wildman–Crippen LogP) is 2.11. The van der Waals surface area contributed by atoms with Gasteiger partial charge in [0.2, 0.25) is 0 Å². The lowest BCUT2D eigenvalue weighted by molar-refractivity contribution is -0.126. The Hall–Kier alpha value is -3.13. The maximum atomic E-state index is 13.0. The van der Waals surface area contributed by atoms with Crippen LogP contribution < -0.4 is 16.0 Å². The Morgan fingerprint density at radius 3 is 2.47 bits per heavy atom. The van der Waals surface area contributed by atoms with E-state index in [1.807, 2.05) is 25.1 Å². The van der Waals surface area contributed by atoms with Crippen LogP contribution in [0.1, 0.15) is 18.5 Å². The lowest BCUT2D eigenvalue weighted by atomic mass is 10.1. The van der Waals surface area contributed by atoms with Gasteiger partial charge in [-0.05, 0) is 36.8 Å². The van der Waals surface area contributed by atoms with E-state index in [1.54, 1.807) is 12.1 Å². The van der Waals surface area contributed by atoms with Crippen molar-refractivity contribution in [1.29, 1.82) is 0 Å². The van der Waals surface area contributed by atoms with Crippen molar-refractivity contribution in [3.63, 3.8) is 0 Å². The van der Waals surface area contributed by atoms with Crippen LogP contribution in [0.3, 0.4) is 0 Å². The van der Waals surface area contributed by atoms with E-state index in [4.69, 9.17) is 10.6 Å². The molecule has 160 valence electrons. The molecule has 7 nitrogen and oxygen atoms in total. The van der Waals surface area contributed by atoms with Crippen LogP contribution in [0.4, 0.5) is 10.1 Å². The zero-order valence-corrected chi connectivity index (χ0v) is 17.1. The Balaban J connectivity index is 1.36. The van der Waals surface area contributed by atoms with Crippen LogP contribution in [0.25, 0.3) is 0 Å². The van der Waals surface area contributed by atoms with Crippen molar-refractivity contribution in [1.82, 2.24) is 10.2 Å². The minimum atomic E-state index is -0.320. The number of amidine groups is 1. The van der Waals surface area contributed by atoms with E-state index in [-0.39, 0.29) is 24.4 Å². The number of rotatable bonds is 8. The van der Waals surface area contributed by atoms with Gasteiger partial charge in [-0.25, -0.2) is 4.39 Å². The highest BCUT2D eigenvalue weighted by Gasteiger charge is 2.18. The van der Waals surface area contributed by atoms with E-state index in [2.05, 4.69) is 32.4 Å². The largest absolute Gasteiger partial charge is 0.384 e. The minimum absolute atomic E-state index is 0.228. The van der Waals surface area contributed by atoms with Gasteiger partial charge in [-0.1, -0.05) is 35.5 Å². The molecule has 1 aliphatic rings. The second kappa shape index (κ2) is 10.6. The summed E-state index contributed by atoms with van der Waals surface area (Å²) in [5.41, 5.74) is 7.98. The molecule has 0 radical (unpaired) electrons. The van der Waals surface area contributed by atoms with Crippen LogP contribution in [-0.4, -0.2) is 56.0 Å². The molecule has 0 aromatic heterocycles. The Bertz CT molecular complexity index is 836. The molecule has 0 aliphatic carbocycles. The zero-order valence-electron chi connectivity index (χ0n) is 17.1. The second-order valence-electron chi connectivity index (χ2n) is 7.30. The number of amides is 1. The Kier molecular flexibility index (Phi) is 7.62. The van der Waals surface area contributed by atoms with Crippen molar-refractivity contribution in [2.24, 2.45) is 10.9 Å². The highest BCUT2D eigenvalue weighted by molar-refractivity contribution is 5.82. The minimum Gasteiger partial charge on any atom is -0.384 e. The third-order valence-electron chi connectivity index (χ3n) is 5.00. The number of nitrogens with two attached hydrogens (primary N) is 1. The molecule has 1 heterocycles. The van der Waals surface area contributed by atoms with Gasteiger partial charge in [-0.3, -0.25) is 9.69 Å². The van der Waals surface area contributed by atoms with Gasteiger partial charge in [-0.2, -0.15) is 0 Å². The first-order chi connectivity index (χ1) is 14.5. The summed E-state index contributed by atoms with van der Waals surface area (Å²) in [5.74, 6) is -0.297. The standard InChI is InChI=1S/C22H28FN5O2/c1-17(18-7-9-19(23)10-8-18)25-22(29)16-30-26-21(24)15-27-11-13-28(14-12-27)20-5-3-2-4-6-20/h2-10,17H,11-16H2,1H3,(H2,24,26)(H,25,29)/t17-/m0/s1. The summed E-state index contributed by atoms with van der Waals surface area (Å²) in [4.78, 5) is 21.6. The first kappa shape index (κ1) is 21.6. The van der Waals surface area contributed by atoms with Crippen molar-refractivity contribution in [3.8, 4) is 0 Å². The number of anilines is 1. The molecule has 1 fully saturated rings. The molecule has 1 amide bonds. The molecule has 0 spiro atoms. The van der Waals surface area contributed by atoms with Gasteiger partial charge in [0, 0.05) is 31.9 Å². The number of nitrogens with one attached hydrogen (secondary N) is 1. The molecule has 3 rings (SSSR count). The number of halogens is 1. The first-order valence-corrected chi connectivity index (χ1v) is 10.0. The van der Waals surface area contributed by atoms with E-state index in [0.717, 1.165) is 31.7 Å². The number of nitrogens with zero attached hydrogens (tertiary/aromatic N) is 3. The lowest BCUT2D eigenvalue weighted by Gasteiger charge is -2.35. The van der Waals surface area contributed by atoms with Crippen LogP contribution >= 0.6 is 0 Å². The fourth-order valence-corrected chi connectivity index (χ4v) is 3.35. The third kappa shape index (κ3) is 6.45. The fraction of sp³-hybridized carbons (Fsp3) is 0.364. The summed E-state index contributed by atoms with van der Waals surface area (Å²) in [6.07, 6.45) is 0. The summed E-state index contributed by atoms with van der Waals surface area (Å²) < 4.78 is 13.0. The summed E-state index contributed by atoms with van der Waals surface area (Å²) in [6, 6.07) is 16.1. The van der Waals surface area contributed by atoms with Crippen LogP contribution in [0.5, 0.6) is 0 Å². The molecule has 0 bridgehead atoms. The third-order valence-corrected chi connectivity index (χ3v) is 5.00. The molecule has 1 aliphatic heterocycles. The number of para-hydroxylation sites is 1. The van der Waals surface area contributed by atoms with Crippen LogP contribution in [-0.2, 0) is 9.63 Å². The summed E-state index contributed by atoms with van der Waals surface area (Å²) in [5, 5.41) is 6.63. The van der Waals surface area contributed by atoms with Crippen molar-refractivity contribution in [2.75, 3.05) is 44.2 Å². The number of carbonyl (C=O) groups is 1. The molecule has 0 unspecified atom stereocenters. The van der Waals surface area contributed by atoms with Crippen LogP contribution in [0, 0.1) is 5.82 Å². The van der Waals surface area contributed by atoms with Gasteiger partial charge < -0.3 is 20.8 Å². The zero-order chi connectivity index (χ0) is 21.3. The normalized spacial score (nSPS) is 16.2. The molecule has 8 heteroatoms. The number of carbonyl (C=O) groups excluding carboxylic acids is 1. The van der Waals surface area contributed by atoms with E-state index in [0.29, 0.717) is 12.4 Å². The highest BCUT2D eigenvalue weighted by atomic mass is 19.1. The molecular weight excluding hydrogens is 385 g/mol. The summed E-state index contributed by atoms with van der Waals surface area (Å²) in [7, 11) is 0. The van der Waals surface area contributed by atoms with Gasteiger partial charge in [0.15, 0.2) is 12.4 Å². The number of hydrogen-bond donors (Lipinski definition) is 2. The summed E-state index contributed by atoms with van der Waals surface area (Å²) in [6.45, 7) is 5.67. The van der Waals surface area contributed by atoms with E-state index in [1.165, 1.54) is 17.8 Å².